The molecule has 0 amide bonds. The van der Waals surface area contributed by atoms with Gasteiger partial charge in [0.15, 0.2) is 0 Å². The number of benzene rings is 8. The zero-order valence-electron chi connectivity index (χ0n) is 29.2. The number of aromatic nitrogens is 2. The summed E-state index contributed by atoms with van der Waals surface area (Å²) in [5.74, 6) is 0. The first-order valence-electron chi connectivity index (χ1n) is 18.0. The third-order valence-corrected chi connectivity index (χ3v) is 10.6. The molecule has 0 fully saturated rings. The van der Waals surface area contributed by atoms with E-state index < -0.39 is 0 Å². The molecule has 0 aliphatic heterocycles. The zero-order valence-corrected chi connectivity index (χ0v) is 29.2. The van der Waals surface area contributed by atoms with Crippen LogP contribution < -0.4 is 10.9 Å². The molecule has 242 valence electrons. The lowest BCUT2D eigenvalue weighted by Gasteiger charge is -2.09. The van der Waals surface area contributed by atoms with E-state index in [0.29, 0.717) is 0 Å². The highest BCUT2D eigenvalue weighted by atomic mass is 15.0. The van der Waals surface area contributed by atoms with Gasteiger partial charge in [-0.1, -0.05) is 132 Å². The first kappa shape index (κ1) is 30.3. The van der Waals surface area contributed by atoms with Crippen molar-refractivity contribution in [1.82, 2.24) is 9.13 Å². The van der Waals surface area contributed by atoms with Gasteiger partial charge in [0.2, 0.25) is 0 Å². The van der Waals surface area contributed by atoms with Gasteiger partial charge >= 0.3 is 0 Å². The molecule has 2 aromatic heterocycles. The molecule has 0 unspecified atom stereocenters. The predicted octanol–water partition coefficient (Wildman–Crippen LogP) is 9.40. The highest BCUT2D eigenvalue weighted by molar-refractivity contribution is 6.34. The molecule has 10 rings (SSSR count). The molecular formula is C48H34B2N2. The van der Waals surface area contributed by atoms with Crippen molar-refractivity contribution in [2.45, 2.75) is 0 Å². The summed E-state index contributed by atoms with van der Waals surface area (Å²) in [7, 11) is 4.34. The summed E-state index contributed by atoms with van der Waals surface area (Å²) in [5, 5.41) is 5.12. The molecule has 0 saturated heterocycles. The fraction of sp³-hybridized carbons (Fsp3) is 0. The van der Waals surface area contributed by atoms with Crippen LogP contribution in [0.2, 0.25) is 0 Å². The van der Waals surface area contributed by atoms with E-state index in [-0.39, 0.29) is 0 Å². The van der Waals surface area contributed by atoms with Crippen molar-refractivity contribution < 1.29 is 0 Å². The normalized spacial score (nSPS) is 11.6. The Labute approximate surface area is 305 Å². The Morgan fingerprint density at radius 2 is 0.558 bits per heavy atom. The Bertz CT molecular complexity index is 2730. The van der Waals surface area contributed by atoms with E-state index in [4.69, 9.17) is 0 Å². The number of para-hydroxylation sites is 2. The summed E-state index contributed by atoms with van der Waals surface area (Å²) in [6.07, 6.45) is 0. The summed E-state index contributed by atoms with van der Waals surface area (Å²) >= 11 is 0. The average molecular weight is 660 g/mol. The molecule has 0 radical (unpaired) electrons. The molecule has 2 nitrogen and oxygen atoms in total. The van der Waals surface area contributed by atoms with Crippen LogP contribution in [0.25, 0.3) is 88.4 Å². The Balaban J connectivity index is 0.974. The SMILES string of the molecule is Bc1ccc2c(c1)c1cc(-c3ccc(-c4ccc(-c5ccc6c(c5)c5cc(B)ccc5n6-c5ccccc5)cc4)cc3)ccc1n2-c1ccccc1. The summed E-state index contributed by atoms with van der Waals surface area (Å²) in [5.41, 5.74) is 17.1. The van der Waals surface area contributed by atoms with Crippen molar-refractivity contribution in [3.8, 4) is 44.8 Å². The van der Waals surface area contributed by atoms with Gasteiger partial charge in [-0.15, -0.1) is 0 Å². The Morgan fingerprint density at radius 3 is 0.923 bits per heavy atom. The Morgan fingerprint density at radius 1 is 0.269 bits per heavy atom. The van der Waals surface area contributed by atoms with E-state index in [0.717, 1.165) is 0 Å². The molecule has 8 aromatic carbocycles. The number of hydrogen-bond donors (Lipinski definition) is 0. The smallest absolute Gasteiger partial charge is 0.139 e. The fourth-order valence-corrected chi connectivity index (χ4v) is 8.05. The quantitative estimate of drug-likeness (QED) is 0.163. The van der Waals surface area contributed by atoms with Crippen LogP contribution in [0, 0.1) is 0 Å². The van der Waals surface area contributed by atoms with Crippen molar-refractivity contribution >= 4 is 70.2 Å². The van der Waals surface area contributed by atoms with Gasteiger partial charge in [0.1, 0.15) is 15.7 Å². The molecule has 0 aliphatic carbocycles. The molecule has 4 heteroatoms. The van der Waals surface area contributed by atoms with Crippen LogP contribution in [-0.4, -0.2) is 24.8 Å². The van der Waals surface area contributed by atoms with E-state index >= 15 is 0 Å². The number of fused-ring (bicyclic) bond motifs is 6. The maximum Gasteiger partial charge on any atom is 0.139 e. The monoisotopic (exact) mass is 660 g/mol. The summed E-state index contributed by atoms with van der Waals surface area (Å²) in [6, 6.07) is 66.7. The lowest BCUT2D eigenvalue weighted by atomic mass is 9.93. The largest absolute Gasteiger partial charge is 0.309 e. The third kappa shape index (κ3) is 4.99. The maximum atomic E-state index is 2.38. The van der Waals surface area contributed by atoms with Crippen LogP contribution in [0.1, 0.15) is 0 Å². The van der Waals surface area contributed by atoms with E-state index in [9.17, 15) is 0 Å². The second kappa shape index (κ2) is 12.1. The van der Waals surface area contributed by atoms with Gasteiger partial charge < -0.3 is 9.13 Å². The van der Waals surface area contributed by atoms with E-state index in [1.54, 1.807) is 0 Å². The van der Waals surface area contributed by atoms with Crippen LogP contribution >= 0.6 is 0 Å². The maximum absolute atomic E-state index is 2.38. The van der Waals surface area contributed by atoms with Gasteiger partial charge in [0, 0.05) is 32.9 Å². The minimum Gasteiger partial charge on any atom is -0.309 e. The van der Waals surface area contributed by atoms with Gasteiger partial charge in [-0.3, -0.25) is 0 Å². The number of nitrogens with zero attached hydrogens (tertiary/aromatic N) is 2. The number of hydrogen-bond acceptors (Lipinski definition) is 0. The molecule has 0 aliphatic rings. The van der Waals surface area contributed by atoms with E-state index in [1.807, 2.05) is 0 Å². The van der Waals surface area contributed by atoms with Crippen molar-refractivity contribution in [1.29, 1.82) is 0 Å². The van der Waals surface area contributed by atoms with Crippen molar-refractivity contribution in [2.24, 2.45) is 0 Å². The molecule has 2 heterocycles. The molecular weight excluding hydrogens is 626 g/mol. The highest BCUT2D eigenvalue weighted by Crippen LogP contribution is 2.37. The van der Waals surface area contributed by atoms with Crippen molar-refractivity contribution in [3.63, 3.8) is 0 Å². The predicted molar refractivity (Wildman–Crippen MR) is 228 cm³/mol. The minimum atomic E-state index is 1.18. The van der Waals surface area contributed by atoms with Crippen molar-refractivity contribution in [2.75, 3.05) is 0 Å². The van der Waals surface area contributed by atoms with Crippen LogP contribution in [0.4, 0.5) is 0 Å². The van der Waals surface area contributed by atoms with Gasteiger partial charge in [-0.05, 0) is 94.0 Å². The standard InChI is InChI=1S/C48H34B2N2/c49-37-21-25-47-43(29-37)41-27-35(19-23-45(41)51(47)39-7-3-1-4-8-39)33-15-11-31(12-16-33)32-13-17-34(18-14-32)36-20-24-46-42(28-36)44-30-38(50)22-26-48(44)52(46)40-9-5-2-6-10-40/h1-30H,49-50H2. The molecule has 52 heavy (non-hydrogen) atoms. The van der Waals surface area contributed by atoms with E-state index in [1.165, 1.54) is 99.3 Å². The second-order valence-corrected chi connectivity index (χ2v) is 14.0. The number of rotatable bonds is 5. The third-order valence-electron chi connectivity index (χ3n) is 10.6. The molecule has 0 saturated carbocycles. The van der Waals surface area contributed by atoms with Crippen LogP contribution in [0.15, 0.2) is 182 Å². The molecule has 0 N–H and O–H groups in total. The first-order chi connectivity index (χ1) is 25.6. The Kier molecular flexibility index (Phi) is 7.04. The Hall–Kier alpha value is -6.51. The lowest BCUT2D eigenvalue weighted by Crippen LogP contribution is -2.00. The zero-order chi connectivity index (χ0) is 34.8. The topological polar surface area (TPSA) is 9.86 Å². The fourth-order valence-electron chi connectivity index (χ4n) is 8.05. The average Bonchev–Trinajstić information content (AvgIpc) is 3.70. The van der Waals surface area contributed by atoms with Gasteiger partial charge in [0.05, 0.1) is 22.1 Å². The summed E-state index contributed by atoms with van der Waals surface area (Å²) in [4.78, 5) is 0. The lowest BCUT2D eigenvalue weighted by molar-refractivity contribution is 1.18. The molecule has 0 atom stereocenters. The highest BCUT2D eigenvalue weighted by Gasteiger charge is 2.15. The van der Waals surface area contributed by atoms with Crippen LogP contribution in [0.3, 0.4) is 0 Å². The molecule has 0 spiro atoms. The minimum absolute atomic E-state index is 1.18. The summed E-state index contributed by atoms with van der Waals surface area (Å²) < 4.78 is 4.76. The first-order valence-corrected chi connectivity index (χ1v) is 18.0. The van der Waals surface area contributed by atoms with Crippen molar-refractivity contribution in [3.05, 3.63) is 182 Å². The molecule has 0 bridgehead atoms. The van der Waals surface area contributed by atoms with Gasteiger partial charge in [-0.25, -0.2) is 0 Å². The van der Waals surface area contributed by atoms with Gasteiger partial charge in [0.25, 0.3) is 0 Å². The second-order valence-electron chi connectivity index (χ2n) is 14.0. The molecule has 10 aromatic rings. The van der Waals surface area contributed by atoms with Gasteiger partial charge in [-0.2, -0.15) is 0 Å². The van der Waals surface area contributed by atoms with E-state index in [2.05, 4.69) is 207 Å². The summed E-state index contributed by atoms with van der Waals surface area (Å²) in [6.45, 7) is 0. The van der Waals surface area contributed by atoms with Crippen LogP contribution in [-0.2, 0) is 0 Å². The van der Waals surface area contributed by atoms with Crippen LogP contribution in [0.5, 0.6) is 0 Å².